The minimum atomic E-state index is -0.430. The Balaban J connectivity index is 1.91. The van der Waals surface area contributed by atoms with E-state index in [0.717, 1.165) is 23.5 Å². The first-order valence-electron chi connectivity index (χ1n) is 9.20. The number of carbonyl (C=O) groups excluding carboxylic acids is 2. The summed E-state index contributed by atoms with van der Waals surface area (Å²) in [4.78, 5) is 26.5. The van der Waals surface area contributed by atoms with Crippen LogP contribution in [-0.4, -0.2) is 38.0 Å². The van der Waals surface area contributed by atoms with Crippen molar-refractivity contribution in [2.45, 2.75) is 19.9 Å². The van der Waals surface area contributed by atoms with Crippen LogP contribution in [0.25, 0.3) is 5.57 Å². The minimum absolute atomic E-state index is 0.175. The second-order valence-electron chi connectivity index (χ2n) is 6.97. The van der Waals surface area contributed by atoms with Gasteiger partial charge in [-0.05, 0) is 50.3 Å². The molecule has 1 aliphatic rings. The van der Waals surface area contributed by atoms with E-state index in [4.69, 9.17) is 4.74 Å². The Morgan fingerprint density at radius 3 is 2.46 bits per heavy atom. The fraction of sp³-hybridized carbons (Fsp3) is 0.273. The fourth-order valence-corrected chi connectivity index (χ4v) is 3.28. The number of anilines is 2. The van der Waals surface area contributed by atoms with E-state index in [2.05, 4.69) is 27.7 Å². The van der Waals surface area contributed by atoms with E-state index < -0.39 is 5.97 Å². The summed E-state index contributed by atoms with van der Waals surface area (Å²) in [6.45, 7) is 2.88. The standard InChI is InChI=1S/C22H25N3O3/c1-5-18(23-16-9-6-14(7-10-16)13-25(2)3)20-17-11-8-15(22(27)28-4)12-19(17)24-21(20)26/h6-12,23H,5,13H2,1-4H3,(H,24,26)/b20-18+. The zero-order valence-corrected chi connectivity index (χ0v) is 16.6. The van der Waals surface area contributed by atoms with E-state index in [1.165, 1.54) is 12.7 Å². The van der Waals surface area contributed by atoms with Crippen LogP contribution in [0.2, 0.25) is 0 Å². The van der Waals surface area contributed by atoms with Crippen LogP contribution in [-0.2, 0) is 16.1 Å². The van der Waals surface area contributed by atoms with Gasteiger partial charge in [0.2, 0.25) is 0 Å². The van der Waals surface area contributed by atoms with Crippen LogP contribution in [0.4, 0.5) is 11.4 Å². The maximum Gasteiger partial charge on any atom is 0.337 e. The summed E-state index contributed by atoms with van der Waals surface area (Å²) in [6.07, 6.45) is 0.667. The predicted octanol–water partition coefficient (Wildman–Crippen LogP) is 3.72. The van der Waals surface area contributed by atoms with E-state index in [-0.39, 0.29) is 5.91 Å². The number of ether oxygens (including phenoxy) is 1. The third-order valence-corrected chi connectivity index (χ3v) is 4.59. The van der Waals surface area contributed by atoms with E-state index in [1.807, 2.05) is 33.2 Å². The lowest BCUT2D eigenvalue weighted by Crippen LogP contribution is -2.11. The number of methoxy groups -OCH3 is 1. The number of rotatable bonds is 6. The van der Waals surface area contributed by atoms with Crippen LogP contribution in [0.15, 0.2) is 48.2 Å². The minimum Gasteiger partial charge on any atom is -0.465 e. The SMILES string of the molecule is CC/C(Nc1ccc(CN(C)C)cc1)=C1\C(=O)Nc2cc(C(=O)OC)ccc21. The van der Waals surface area contributed by atoms with Gasteiger partial charge < -0.3 is 20.3 Å². The van der Waals surface area contributed by atoms with Gasteiger partial charge in [-0.2, -0.15) is 0 Å². The predicted molar refractivity (Wildman–Crippen MR) is 111 cm³/mol. The van der Waals surface area contributed by atoms with Crippen LogP contribution in [0.5, 0.6) is 0 Å². The van der Waals surface area contributed by atoms with E-state index in [9.17, 15) is 9.59 Å². The average molecular weight is 379 g/mol. The van der Waals surface area contributed by atoms with Crippen molar-refractivity contribution in [2.24, 2.45) is 0 Å². The summed E-state index contributed by atoms with van der Waals surface area (Å²) in [5.41, 5.74) is 5.40. The molecule has 0 aromatic heterocycles. The Morgan fingerprint density at radius 1 is 1.14 bits per heavy atom. The smallest absolute Gasteiger partial charge is 0.337 e. The molecule has 0 aliphatic carbocycles. The van der Waals surface area contributed by atoms with Crippen molar-refractivity contribution in [3.05, 3.63) is 64.9 Å². The Morgan fingerprint density at radius 2 is 1.86 bits per heavy atom. The molecule has 0 fully saturated rings. The number of benzene rings is 2. The van der Waals surface area contributed by atoms with Crippen LogP contribution < -0.4 is 10.6 Å². The molecule has 146 valence electrons. The molecule has 2 aromatic rings. The lowest BCUT2D eigenvalue weighted by atomic mass is 10.0. The van der Waals surface area contributed by atoms with Gasteiger partial charge in [0.25, 0.3) is 5.91 Å². The first-order valence-corrected chi connectivity index (χ1v) is 9.20. The van der Waals surface area contributed by atoms with Crippen LogP contribution >= 0.6 is 0 Å². The van der Waals surface area contributed by atoms with Gasteiger partial charge in [0, 0.05) is 23.5 Å². The highest BCUT2D eigenvalue weighted by atomic mass is 16.5. The molecule has 6 nitrogen and oxygen atoms in total. The van der Waals surface area contributed by atoms with Crippen LogP contribution in [0, 0.1) is 0 Å². The molecule has 2 aromatic carbocycles. The molecular formula is C22H25N3O3. The van der Waals surface area contributed by atoms with Crippen molar-refractivity contribution in [3.8, 4) is 0 Å². The molecule has 1 aliphatic heterocycles. The molecule has 3 rings (SSSR count). The van der Waals surface area contributed by atoms with Gasteiger partial charge in [0.15, 0.2) is 0 Å². The lowest BCUT2D eigenvalue weighted by molar-refractivity contribution is -0.110. The number of nitrogens with zero attached hydrogens (tertiary/aromatic N) is 1. The molecule has 6 heteroatoms. The highest BCUT2D eigenvalue weighted by Crippen LogP contribution is 2.35. The van der Waals surface area contributed by atoms with Gasteiger partial charge in [-0.25, -0.2) is 4.79 Å². The summed E-state index contributed by atoms with van der Waals surface area (Å²) >= 11 is 0. The van der Waals surface area contributed by atoms with Crippen LogP contribution in [0.3, 0.4) is 0 Å². The van der Waals surface area contributed by atoms with E-state index in [1.54, 1.807) is 18.2 Å². The maximum absolute atomic E-state index is 12.6. The quantitative estimate of drug-likeness (QED) is 0.591. The first-order chi connectivity index (χ1) is 13.4. The Labute approximate surface area is 165 Å². The lowest BCUT2D eigenvalue weighted by Gasteiger charge is -2.14. The van der Waals surface area contributed by atoms with Crippen LogP contribution in [0.1, 0.15) is 34.8 Å². The molecule has 0 atom stereocenters. The summed E-state index contributed by atoms with van der Waals surface area (Å²) in [5.74, 6) is -0.605. The van der Waals surface area contributed by atoms with Crippen molar-refractivity contribution < 1.29 is 14.3 Å². The summed E-state index contributed by atoms with van der Waals surface area (Å²) in [6, 6.07) is 13.3. The molecular weight excluding hydrogens is 354 g/mol. The molecule has 28 heavy (non-hydrogen) atoms. The normalized spacial score (nSPS) is 14.5. The largest absolute Gasteiger partial charge is 0.465 e. The summed E-state index contributed by atoms with van der Waals surface area (Å²) < 4.78 is 4.75. The van der Waals surface area contributed by atoms with Gasteiger partial charge in [-0.15, -0.1) is 0 Å². The monoisotopic (exact) mass is 379 g/mol. The second-order valence-corrected chi connectivity index (χ2v) is 6.97. The summed E-state index contributed by atoms with van der Waals surface area (Å²) in [5, 5.41) is 6.23. The molecule has 1 heterocycles. The van der Waals surface area contributed by atoms with Gasteiger partial charge in [-0.3, -0.25) is 4.79 Å². The second kappa shape index (κ2) is 8.27. The van der Waals surface area contributed by atoms with Crippen molar-refractivity contribution in [3.63, 3.8) is 0 Å². The Kier molecular flexibility index (Phi) is 5.80. The van der Waals surface area contributed by atoms with Gasteiger partial charge in [-0.1, -0.05) is 25.1 Å². The number of nitrogens with one attached hydrogen (secondary N) is 2. The van der Waals surface area contributed by atoms with Gasteiger partial charge in [0.1, 0.15) is 0 Å². The third-order valence-electron chi connectivity index (χ3n) is 4.59. The molecule has 0 bridgehead atoms. The number of esters is 1. The highest BCUT2D eigenvalue weighted by molar-refractivity contribution is 6.32. The highest BCUT2D eigenvalue weighted by Gasteiger charge is 2.28. The number of hydrogen-bond acceptors (Lipinski definition) is 5. The Hall–Kier alpha value is -3.12. The first kappa shape index (κ1) is 19.6. The maximum atomic E-state index is 12.6. The number of allylic oxidation sites excluding steroid dienone is 1. The summed E-state index contributed by atoms with van der Waals surface area (Å²) in [7, 11) is 5.41. The Bertz CT molecular complexity index is 931. The van der Waals surface area contributed by atoms with E-state index >= 15 is 0 Å². The van der Waals surface area contributed by atoms with Gasteiger partial charge in [0.05, 0.1) is 23.9 Å². The zero-order valence-electron chi connectivity index (χ0n) is 16.6. The molecule has 2 N–H and O–H groups in total. The number of fused-ring (bicyclic) bond motifs is 1. The van der Waals surface area contributed by atoms with Crippen molar-refractivity contribution >= 4 is 28.8 Å². The zero-order chi connectivity index (χ0) is 20.3. The molecule has 0 saturated carbocycles. The molecule has 1 amide bonds. The van der Waals surface area contributed by atoms with Crippen molar-refractivity contribution in [2.75, 3.05) is 31.8 Å². The van der Waals surface area contributed by atoms with Crippen molar-refractivity contribution in [1.29, 1.82) is 0 Å². The number of carbonyl (C=O) groups is 2. The topological polar surface area (TPSA) is 70.7 Å². The van der Waals surface area contributed by atoms with E-state index in [0.29, 0.717) is 23.2 Å². The fourth-order valence-electron chi connectivity index (χ4n) is 3.28. The third kappa shape index (κ3) is 4.07. The molecule has 0 unspecified atom stereocenters. The number of hydrogen-bond donors (Lipinski definition) is 2. The molecule has 0 radical (unpaired) electrons. The number of amides is 1. The van der Waals surface area contributed by atoms with Crippen molar-refractivity contribution in [1.82, 2.24) is 4.90 Å². The molecule has 0 spiro atoms. The van der Waals surface area contributed by atoms with Gasteiger partial charge >= 0.3 is 5.97 Å². The molecule has 0 saturated heterocycles. The average Bonchev–Trinajstić information content (AvgIpc) is 3.01.